The van der Waals surface area contributed by atoms with Crippen molar-refractivity contribution in [3.05, 3.63) is 27.4 Å². The Labute approximate surface area is 96.5 Å². The van der Waals surface area contributed by atoms with Gasteiger partial charge in [-0.1, -0.05) is 19.8 Å². The van der Waals surface area contributed by atoms with Crippen molar-refractivity contribution in [1.29, 1.82) is 0 Å². The predicted molar refractivity (Wildman–Crippen MR) is 64.7 cm³/mol. The van der Waals surface area contributed by atoms with E-state index in [9.17, 15) is 4.79 Å². The quantitative estimate of drug-likeness (QED) is 0.727. The summed E-state index contributed by atoms with van der Waals surface area (Å²) in [4.78, 5) is 16.6. The van der Waals surface area contributed by atoms with Crippen LogP contribution in [0.4, 0.5) is 0 Å². The van der Waals surface area contributed by atoms with E-state index < -0.39 is 0 Å². The zero-order chi connectivity index (χ0) is 11.5. The molecule has 1 aromatic rings. The van der Waals surface area contributed by atoms with E-state index in [0.717, 1.165) is 49.2 Å². The highest BCUT2D eigenvalue weighted by Crippen LogP contribution is 2.18. The number of aromatic nitrogens is 2. The van der Waals surface area contributed by atoms with E-state index in [2.05, 4.69) is 11.9 Å². The lowest BCUT2D eigenvalue weighted by atomic mass is 10.1. The lowest BCUT2D eigenvalue weighted by molar-refractivity contribution is 0.677. The minimum atomic E-state index is 0.122. The molecule has 0 aromatic carbocycles. The largest absolute Gasteiger partial charge is 0.312 e. The molecule has 0 aliphatic heterocycles. The molecule has 3 heteroatoms. The van der Waals surface area contributed by atoms with Crippen LogP contribution in [-0.2, 0) is 26.3 Å². The molecule has 88 valence electrons. The van der Waals surface area contributed by atoms with Crippen molar-refractivity contribution in [3.8, 4) is 0 Å². The van der Waals surface area contributed by atoms with Crippen LogP contribution >= 0.6 is 0 Å². The average molecular weight is 220 g/mol. The molecule has 0 saturated carbocycles. The van der Waals surface area contributed by atoms with Crippen LogP contribution < -0.4 is 5.56 Å². The van der Waals surface area contributed by atoms with Crippen LogP contribution in [0.25, 0.3) is 0 Å². The standard InChI is InChI=1S/C13H20N2O/c1-3-4-5-7-11-13(16)15(2)12-9-6-8-10(12)14-11/h3-9H2,1-2H3. The maximum atomic E-state index is 12.0. The Kier molecular flexibility index (Phi) is 3.42. The molecular formula is C13H20N2O. The molecule has 0 N–H and O–H groups in total. The summed E-state index contributed by atoms with van der Waals surface area (Å²) in [6.07, 6.45) is 7.50. The van der Waals surface area contributed by atoms with Gasteiger partial charge < -0.3 is 4.57 Å². The third kappa shape index (κ3) is 2.04. The van der Waals surface area contributed by atoms with Crippen molar-refractivity contribution >= 4 is 0 Å². The lowest BCUT2D eigenvalue weighted by Crippen LogP contribution is -2.26. The van der Waals surface area contributed by atoms with Crippen LogP contribution in [0.1, 0.15) is 49.7 Å². The van der Waals surface area contributed by atoms with Gasteiger partial charge in [0, 0.05) is 12.7 Å². The van der Waals surface area contributed by atoms with E-state index in [4.69, 9.17) is 0 Å². The van der Waals surface area contributed by atoms with Gasteiger partial charge in [-0.15, -0.1) is 0 Å². The molecule has 0 fully saturated rings. The smallest absolute Gasteiger partial charge is 0.272 e. The summed E-state index contributed by atoms with van der Waals surface area (Å²) in [7, 11) is 1.89. The Morgan fingerprint density at radius 3 is 2.88 bits per heavy atom. The number of unbranched alkanes of at least 4 members (excludes halogenated alkanes) is 2. The molecule has 1 heterocycles. The van der Waals surface area contributed by atoms with E-state index in [1.165, 1.54) is 12.8 Å². The van der Waals surface area contributed by atoms with Crippen LogP contribution in [0, 0.1) is 0 Å². The third-order valence-electron chi connectivity index (χ3n) is 3.40. The van der Waals surface area contributed by atoms with Crippen LogP contribution in [0.5, 0.6) is 0 Å². The Bertz CT molecular complexity index is 434. The topological polar surface area (TPSA) is 34.9 Å². The van der Waals surface area contributed by atoms with E-state index in [0.29, 0.717) is 0 Å². The van der Waals surface area contributed by atoms with E-state index in [1.54, 1.807) is 0 Å². The fraction of sp³-hybridized carbons (Fsp3) is 0.692. The van der Waals surface area contributed by atoms with Gasteiger partial charge in [0.1, 0.15) is 5.69 Å². The van der Waals surface area contributed by atoms with Gasteiger partial charge in [0.2, 0.25) is 0 Å². The molecular weight excluding hydrogens is 200 g/mol. The predicted octanol–water partition coefficient (Wildman–Crippen LogP) is 2.00. The molecule has 0 saturated heterocycles. The summed E-state index contributed by atoms with van der Waals surface area (Å²) in [5.41, 5.74) is 3.21. The zero-order valence-corrected chi connectivity index (χ0v) is 10.3. The van der Waals surface area contributed by atoms with E-state index in [-0.39, 0.29) is 5.56 Å². The van der Waals surface area contributed by atoms with Crippen molar-refractivity contribution in [2.75, 3.05) is 0 Å². The highest BCUT2D eigenvalue weighted by molar-refractivity contribution is 5.20. The van der Waals surface area contributed by atoms with E-state index in [1.807, 2.05) is 11.6 Å². The molecule has 0 radical (unpaired) electrons. The molecule has 1 aliphatic carbocycles. The van der Waals surface area contributed by atoms with Crippen molar-refractivity contribution < 1.29 is 0 Å². The molecule has 0 unspecified atom stereocenters. The first-order valence-electron chi connectivity index (χ1n) is 6.31. The fourth-order valence-corrected chi connectivity index (χ4v) is 2.43. The molecule has 3 nitrogen and oxygen atoms in total. The van der Waals surface area contributed by atoms with Crippen LogP contribution in [0.3, 0.4) is 0 Å². The number of hydrogen-bond acceptors (Lipinski definition) is 2. The lowest BCUT2D eigenvalue weighted by Gasteiger charge is -2.08. The number of hydrogen-bond donors (Lipinski definition) is 0. The molecule has 0 bridgehead atoms. The second-order valence-corrected chi connectivity index (χ2v) is 4.63. The molecule has 0 amide bonds. The van der Waals surface area contributed by atoms with Gasteiger partial charge in [-0.3, -0.25) is 9.78 Å². The Hall–Kier alpha value is -1.12. The highest BCUT2D eigenvalue weighted by Gasteiger charge is 2.18. The average Bonchev–Trinajstić information content (AvgIpc) is 2.73. The summed E-state index contributed by atoms with van der Waals surface area (Å²) in [5, 5.41) is 0. The second-order valence-electron chi connectivity index (χ2n) is 4.63. The molecule has 2 rings (SSSR count). The van der Waals surface area contributed by atoms with Crippen molar-refractivity contribution in [3.63, 3.8) is 0 Å². The normalized spacial score (nSPS) is 14.1. The van der Waals surface area contributed by atoms with Gasteiger partial charge in [0.15, 0.2) is 0 Å². The first-order valence-corrected chi connectivity index (χ1v) is 6.31. The summed E-state index contributed by atoms with van der Waals surface area (Å²) in [6, 6.07) is 0. The summed E-state index contributed by atoms with van der Waals surface area (Å²) in [5.74, 6) is 0. The maximum Gasteiger partial charge on any atom is 0.272 e. The van der Waals surface area contributed by atoms with Gasteiger partial charge in [-0.05, 0) is 32.1 Å². The molecule has 0 atom stereocenters. The minimum absolute atomic E-state index is 0.122. The Morgan fingerprint density at radius 1 is 1.31 bits per heavy atom. The number of nitrogens with zero attached hydrogens (tertiary/aromatic N) is 2. The summed E-state index contributed by atoms with van der Waals surface area (Å²) >= 11 is 0. The number of rotatable bonds is 4. The number of aryl methyl sites for hydroxylation is 2. The monoisotopic (exact) mass is 220 g/mol. The summed E-state index contributed by atoms with van der Waals surface area (Å²) < 4.78 is 1.82. The van der Waals surface area contributed by atoms with Crippen LogP contribution in [0.2, 0.25) is 0 Å². The maximum absolute atomic E-state index is 12.0. The Morgan fingerprint density at radius 2 is 2.12 bits per heavy atom. The van der Waals surface area contributed by atoms with E-state index >= 15 is 0 Å². The van der Waals surface area contributed by atoms with Gasteiger partial charge in [-0.2, -0.15) is 0 Å². The second kappa shape index (κ2) is 4.81. The Balaban J connectivity index is 2.26. The molecule has 16 heavy (non-hydrogen) atoms. The fourth-order valence-electron chi connectivity index (χ4n) is 2.43. The minimum Gasteiger partial charge on any atom is -0.312 e. The first kappa shape index (κ1) is 11.4. The first-order chi connectivity index (χ1) is 7.74. The van der Waals surface area contributed by atoms with Gasteiger partial charge in [0.05, 0.1) is 5.69 Å². The van der Waals surface area contributed by atoms with Crippen LogP contribution in [-0.4, -0.2) is 9.55 Å². The highest BCUT2D eigenvalue weighted by atomic mass is 16.1. The molecule has 1 aromatic heterocycles. The van der Waals surface area contributed by atoms with Crippen molar-refractivity contribution in [1.82, 2.24) is 9.55 Å². The molecule has 1 aliphatic rings. The SMILES string of the molecule is CCCCCc1nc2c(n(C)c1=O)CCC2. The third-order valence-corrected chi connectivity index (χ3v) is 3.40. The number of fused-ring (bicyclic) bond motifs is 1. The molecule has 0 spiro atoms. The summed E-state index contributed by atoms with van der Waals surface area (Å²) in [6.45, 7) is 2.17. The zero-order valence-electron chi connectivity index (χ0n) is 10.3. The van der Waals surface area contributed by atoms with Crippen LogP contribution in [0.15, 0.2) is 4.79 Å². The van der Waals surface area contributed by atoms with Crippen molar-refractivity contribution in [2.45, 2.75) is 51.9 Å². The van der Waals surface area contributed by atoms with Crippen molar-refractivity contribution in [2.24, 2.45) is 7.05 Å². The van der Waals surface area contributed by atoms with Gasteiger partial charge in [0.25, 0.3) is 5.56 Å². The van der Waals surface area contributed by atoms with Gasteiger partial charge >= 0.3 is 0 Å². The van der Waals surface area contributed by atoms with Gasteiger partial charge in [-0.25, -0.2) is 0 Å².